The molecule has 5 heteroatoms. The van der Waals surface area contributed by atoms with Crippen LogP contribution in [0.5, 0.6) is 0 Å². The van der Waals surface area contributed by atoms with E-state index in [1.165, 1.54) is 5.56 Å². The molecule has 2 N–H and O–H groups in total. The monoisotopic (exact) mass is 334 g/mol. The van der Waals surface area contributed by atoms with Crippen LogP contribution in [0, 0.1) is 13.8 Å². The van der Waals surface area contributed by atoms with E-state index in [0.29, 0.717) is 0 Å². The fourth-order valence-electron chi connectivity index (χ4n) is 1.85. The predicted molar refractivity (Wildman–Crippen MR) is 87.7 cm³/mol. The van der Waals surface area contributed by atoms with Crippen LogP contribution in [0.2, 0.25) is 0 Å². The van der Waals surface area contributed by atoms with Crippen molar-refractivity contribution in [3.63, 3.8) is 0 Å². The molecule has 2 rings (SSSR count). The largest absolute Gasteiger partial charge is 0.370 e. The Bertz CT molecular complexity index is 598. The number of hydrogen-bond acceptors (Lipinski definition) is 4. The first-order chi connectivity index (χ1) is 9.58. The van der Waals surface area contributed by atoms with Crippen molar-refractivity contribution >= 4 is 33.3 Å². The lowest BCUT2D eigenvalue weighted by Crippen LogP contribution is -2.05. The van der Waals surface area contributed by atoms with Crippen molar-refractivity contribution in [1.29, 1.82) is 0 Å². The van der Waals surface area contributed by atoms with Crippen LogP contribution in [-0.4, -0.2) is 16.5 Å². The molecule has 20 heavy (non-hydrogen) atoms. The molecule has 0 bridgehead atoms. The highest BCUT2D eigenvalue weighted by atomic mass is 79.9. The molecule has 4 nitrogen and oxygen atoms in total. The number of anilines is 3. The van der Waals surface area contributed by atoms with E-state index in [1.54, 1.807) is 0 Å². The van der Waals surface area contributed by atoms with Gasteiger partial charge in [0.25, 0.3) is 0 Å². The number of nitrogens with zero attached hydrogens (tertiary/aromatic N) is 2. The summed E-state index contributed by atoms with van der Waals surface area (Å²) in [5.74, 6) is 2.41. The number of hydrogen-bond donors (Lipinski definition) is 2. The summed E-state index contributed by atoms with van der Waals surface area (Å²) in [5.41, 5.74) is 2.20. The Labute approximate surface area is 128 Å². The maximum atomic E-state index is 4.42. The van der Waals surface area contributed by atoms with Crippen molar-refractivity contribution in [2.75, 3.05) is 17.2 Å². The van der Waals surface area contributed by atoms with Crippen molar-refractivity contribution in [2.45, 2.75) is 27.2 Å². The molecule has 1 aromatic heterocycles. The van der Waals surface area contributed by atoms with Crippen LogP contribution < -0.4 is 10.6 Å². The lowest BCUT2D eigenvalue weighted by atomic mass is 10.2. The molecule has 0 spiro atoms. The molecule has 0 aliphatic rings. The standard InChI is InChI=1S/C15H19BrN4/c1-4-7-17-14-9-15(19-11(3)18-14)20-12-5-6-13(16)10(2)8-12/h5-6,8-9H,4,7H2,1-3H3,(H2,17,18,19,20). The van der Waals surface area contributed by atoms with Gasteiger partial charge in [-0.3, -0.25) is 0 Å². The minimum absolute atomic E-state index is 0.752. The van der Waals surface area contributed by atoms with Crippen LogP contribution in [-0.2, 0) is 0 Å². The van der Waals surface area contributed by atoms with Crippen LogP contribution in [0.3, 0.4) is 0 Å². The van der Waals surface area contributed by atoms with Gasteiger partial charge < -0.3 is 10.6 Å². The van der Waals surface area contributed by atoms with Crippen molar-refractivity contribution in [3.05, 3.63) is 40.1 Å². The summed E-state index contributed by atoms with van der Waals surface area (Å²) < 4.78 is 1.10. The molecule has 2 aromatic rings. The van der Waals surface area contributed by atoms with Gasteiger partial charge in [0.1, 0.15) is 17.5 Å². The molecule has 0 aliphatic carbocycles. The Hall–Kier alpha value is -1.62. The van der Waals surface area contributed by atoms with Crippen molar-refractivity contribution in [1.82, 2.24) is 9.97 Å². The van der Waals surface area contributed by atoms with Crippen molar-refractivity contribution < 1.29 is 0 Å². The van der Waals surface area contributed by atoms with Gasteiger partial charge >= 0.3 is 0 Å². The molecule has 0 saturated heterocycles. The highest BCUT2D eigenvalue weighted by Crippen LogP contribution is 2.23. The van der Waals surface area contributed by atoms with Gasteiger partial charge in [-0.15, -0.1) is 0 Å². The molecule has 1 aromatic carbocycles. The summed E-state index contributed by atoms with van der Waals surface area (Å²) >= 11 is 3.50. The smallest absolute Gasteiger partial charge is 0.136 e. The highest BCUT2D eigenvalue weighted by Gasteiger charge is 2.03. The van der Waals surface area contributed by atoms with Gasteiger partial charge in [0, 0.05) is 22.8 Å². The zero-order valence-electron chi connectivity index (χ0n) is 12.0. The molecule has 0 radical (unpaired) electrons. The van der Waals surface area contributed by atoms with Crippen LogP contribution >= 0.6 is 15.9 Å². The van der Waals surface area contributed by atoms with E-state index in [9.17, 15) is 0 Å². The van der Waals surface area contributed by atoms with Crippen LogP contribution in [0.4, 0.5) is 17.3 Å². The first-order valence-electron chi connectivity index (χ1n) is 6.71. The molecule has 0 atom stereocenters. The first kappa shape index (κ1) is 14.8. The maximum absolute atomic E-state index is 4.42. The summed E-state index contributed by atoms with van der Waals surface area (Å²) in [7, 11) is 0. The first-order valence-corrected chi connectivity index (χ1v) is 7.50. The van der Waals surface area contributed by atoms with Gasteiger partial charge in [-0.05, 0) is 44.0 Å². The number of nitrogens with one attached hydrogen (secondary N) is 2. The summed E-state index contributed by atoms with van der Waals surface area (Å²) in [6.07, 6.45) is 1.07. The predicted octanol–water partition coefficient (Wildman–Crippen LogP) is 4.42. The molecule has 0 saturated carbocycles. The normalized spacial score (nSPS) is 10.4. The summed E-state index contributed by atoms with van der Waals surface area (Å²) in [4.78, 5) is 8.79. The number of rotatable bonds is 5. The fraction of sp³-hybridized carbons (Fsp3) is 0.333. The Kier molecular flexibility index (Phi) is 4.95. The van der Waals surface area contributed by atoms with Gasteiger partial charge in [-0.1, -0.05) is 22.9 Å². The average molecular weight is 335 g/mol. The van der Waals surface area contributed by atoms with E-state index in [2.05, 4.69) is 56.4 Å². The minimum atomic E-state index is 0.752. The lowest BCUT2D eigenvalue weighted by molar-refractivity contribution is 0.955. The van der Waals surface area contributed by atoms with Gasteiger partial charge in [0.15, 0.2) is 0 Å². The van der Waals surface area contributed by atoms with Crippen LogP contribution in [0.25, 0.3) is 0 Å². The third-order valence-corrected chi connectivity index (χ3v) is 3.71. The highest BCUT2D eigenvalue weighted by molar-refractivity contribution is 9.10. The molecular weight excluding hydrogens is 316 g/mol. The van der Waals surface area contributed by atoms with Gasteiger partial charge in [-0.2, -0.15) is 0 Å². The number of benzene rings is 1. The van der Waals surface area contributed by atoms with E-state index in [4.69, 9.17) is 0 Å². The Balaban J connectivity index is 2.19. The molecule has 0 fully saturated rings. The van der Waals surface area contributed by atoms with Crippen molar-refractivity contribution in [2.24, 2.45) is 0 Å². The Morgan fingerprint density at radius 3 is 2.55 bits per heavy atom. The van der Waals surface area contributed by atoms with Crippen molar-refractivity contribution in [3.8, 4) is 0 Å². The lowest BCUT2D eigenvalue weighted by Gasteiger charge is -2.10. The number of aromatic nitrogens is 2. The third-order valence-electron chi connectivity index (χ3n) is 2.82. The van der Waals surface area contributed by atoms with Gasteiger partial charge in [-0.25, -0.2) is 9.97 Å². The molecule has 0 amide bonds. The van der Waals surface area contributed by atoms with Gasteiger partial charge in [0.2, 0.25) is 0 Å². The zero-order chi connectivity index (χ0) is 14.5. The summed E-state index contributed by atoms with van der Waals surface area (Å²) in [5, 5.41) is 6.60. The number of aryl methyl sites for hydroxylation is 2. The maximum Gasteiger partial charge on any atom is 0.136 e. The quantitative estimate of drug-likeness (QED) is 0.849. The van der Waals surface area contributed by atoms with Crippen LogP contribution in [0.15, 0.2) is 28.7 Å². The molecule has 0 aliphatic heterocycles. The Morgan fingerprint density at radius 2 is 1.85 bits per heavy atom. The van der Waals surface area contributed by atoms with E-state index in [0.717, 1.165) is 40.6 Å². The minimum Gasteiger partial charge on any atom is -0.370 e. The van der Waals surface area contributed by atoms with Gasteiger partial charge in [0.05, 0.1) is 0 Å². The molecule has 0 unspecified atom stereocenters. The Morgan fingerprint density at radius 1 is 1.10 bits per heavy atom. The molecule has 106 valence electrons. The second-order valence-electron chi connectivity index (χ2n) is 4.70. The van der Waals surface area contributed by atoms with Crippen LogP contribution in [0.1, 0.15) is 24.7 Å². The average Bonchev–Trinajstić information content (AvgIpc) is 2.40. The molecular formula is C15H19BrN4. The van der Waals surface area contributed by atoms with E-state index >= 15 is 0 Å². The van der Waals surface area contributed by atoms with E-state index < -0.39 is 0 Å². The number of halogens is 1. The second-order valence-corrected chi connectivity index (χ2v) is 5.56. The summed E-state index contributed by atoms with van der Waals surface area (Å²) in [6.45, 7) is 7.00. The topological polar surface area (TPSA) is 49.8 Å². The summed E-state index contributed by atoms with van der Waals surface area (Å²) in [6, 6.07) is 8.07. The molecule has 1 heterocycles. The second kappa shape index (κ2) is 6.70. The van der Waals surface area contributed by atoms with E-state index in [1.807, 2.05) is 25.1 Å². The third kappa shape index (κ3) is 3.93. The van der Waals surface area contributed by atoms with E-state index in [-0.39, 0.29) is 0 Å². The zero-order valence-corrected chi connectivity index (χ0v) is 13.6. The fourth-order valence-corrected chi connectivity index (χ4v) is 2.09. The SMILES string of the molecule is CCCNc1cc(Nc2ccc(Br)c(C)c2)nc(C)n1.